The van der Waals surface area contributed by atoms with Gasteiger partial charge in [0.1, 0.15) is 0 Å². The normalized spacial score (nSPS) is 13.2. The average molecular weight is 288 g/mol. The molecule has 1 aromatic rings. The molecule has 0 heterocycles. The van der Waals surface area contributed by atoms with Gasteiger partial charge in [0.2, 0.25) is 10.0 Å². The highest BCUT2D eigenvalue weighted by atomic mass is 32.2. The molecule has 0 bridgehead atoms. The van der Waals surface area contributed by atoms with Crippen LogP contribution in [0.5, 0.6) is 0 Å². The van der Waals surface area contributed by atoms with Gasteiger partial charge in [-0.05, 0) is 25.0 Å². The van der Waals surface area contributed by atoms with Gasteiger partial charge < -0.3 is 5.11 Å². The van der Waals surface area contributed by atoms with Crippen molar-refractivity contribution in [2.24, 2.45) is 0 Å². The molecule has 106 valence electrons. The summed E-state index contributed by atoms with van der Waals surface area (Å²) in [4.78, 5) is 9.96. The number of rotatable bonds is 6. The standard InChI is InChI=1S/C11H16N2O5S/c1-3-10(14)7-12-19(17,18)11-5-4-9(13(15)16)6-8(11)2/h4-6,10,12,14H,3,7H2,1-2H3. The number of non-ortho nitro benzene ring substituents is 1. The first kappa shape index (κ1) is 15.5. The Morgan fingerprint density at radius 2 is 2.11 bits per heavy atom. The Balaban J connectivity index is 2.99. The van der Waals surface area contributed by atoms with Gasteiger partial charge >= 0.3 is 0 Å². The van der Waals surface area contributed by atoms with Gasteiger partial charge in [0.05, 0.1) is 15.9 Å². The van der Waals surface area contributed by atoms with Crippen LogP contribution in [0.2, 0.25) is 0 Å². The molecule has 0 fully saturated rings. The van der Waals surface area contributed by atoms with E-state index in [1.54, 1.807) is 6.92 Å². The minimum absolute atomic E-state index is 0.0265. The molecule has 0 saturated carbocycles. The third-order valence-corrected chi connectivity index (χ3v) is 4.22. The van der Waals surface area contributed by atoms with Gasteiger partial charge in [-0.15, -0.1) is 0 Å². The molecular formula is C11H16N2O5S. The number of nitro benzene ring substituents is 1. The topological polar surface area (TPSA) is 110 Å². The molecular weight excluding hydrogens is 272 g/mol. The van der Waals surface area contributed by atoms with Gasteiger partial charge in [-0.25, -0.2) is 13.1 Å². The van der Waals surface area contributed by atoms with E-state index in [9.17, 15) is 23.6 Å². The van der Waals surface area contributed by atoms with E-state index in [2.05, 4.69) is 4.72 Å². The number of aliphatic hydroxyl groups excluding tert-OH is 1. The van der Waals surface area contributed by atoms with E-state index in [0.717, 1.165) is 6.07 Å². The van der Waals surface area contributed by atoms with Crippen LogP contribution in [0, 0.1) is 17.0 Å². The number of aliphatic hydroxyl groups is 1. The highest BCUT2D eigenvalue weighted by Crippen LogP contribution is 2.20. The first-order chi connectivity index (χ1) is 8.77. The Morgan fingerprint density at radius 1 is 1.47 bits per heavy atom. The first-order valence-electron chi connectivity index (χ1n) is 5.70. The molecule has 1 rings (SSSR count). The lowest BCUT2D eigenvalue weighted by Gasteiger charge is -2.11. The molecule has 0 radical (unpaired) electrons. The van der Waals surface area contributed by atoms with Crippen molar-refractivity contribution in [3.05, 3.63) is 33.9 Å². The maximum absolute atomic E-state index is 12.0. The lowest BCUT2D eigenvalue weighted by molar-refractivity contribution is -0.385. The van der Waals surface area contributed by atoms with Gasteiger partial charge in [-0.3, -0.25) is 10.1 Å². The zero-order valence-corrected chi connectivity index (χ0v) is 11.5. The summed E-state index contributed by atoms with van der Waals surface area (Å²) in [5, 5.41) is 19.9. The Labute approximate surface area is 111 Å². The number of nitrogens with one attached hydrogen (secondary N) is 1. The SMILES string of the molecule is CCC(O)CNS(=O)(=O)c1ccc([N+](=O)[O-])cc1C. The van der Waals surface area contributed by atoms with Crippen LogP contribution in [-0.2, 0) is 10.0 Å². The van der Waals surface area contributed by atoms with Crippen LogP contribution < -0.4 is 4.72 Å². The van der Waals surface area contributed by atoms with Crippen molar-refractivity contribution < 1.29 is 18.4 Å². The number of hydrogen-bond donors (Lipinski definition) is 2. The minimum atomic E-state index is -3.77. The molecule has 0 aliphatic heterocycles. The number of aryl methyl sites for hydroxylation is 1. The fourth-order valence-electron chi connectivity index (χ4n) is 1.48. The lowest BCUT2D eigenvalue weighted by atomic mass is 10.2. The van der Waals surface area contributed by atoms with Crippen molar-refractivity contribution in [3.63, 3.8) is 0 Å². The van der Waals surface area contributed by atoms with E-state index in [0.29, 0.717) is 6.42 Å². The van der Waals surface area contributed by atoms with E-state index in [1.165, 1.54) is 19.1 Å². The fourth-order valence-corrected chi connectivity index (χ4v) is 2.77. The predicted molar refractivity (Wildman–Crippen MR) is 69.3 cm³/mol. The van der Waals surface area contributed by atoms with Crippen molar-refractivity contribution in [2.45, 2.75) is 31.3 Å². The van der Waals surface area contributed by atoms with Gasteiger partial charge in [-0.2, -0.15) is 0 Å². The first-order valence-corrected chi connectivity index (χ1v) is 7.19. The molecule has 1 aromatic carbocycles. The summed E-state index contributed by atoms with van der Waals surface area (Å²) in [5.41, 5.74) is 0.123. The molecule has 19 heavy (non-hydrogen) atoms. The summed E-state index contributed by atoms with van der Waals surface area (Å²) in [6.45, 7) is 3.13. The molecule has 0 aliphatic carbocycles. The summed E-state index contributed by atoms with van der Waals surface area (Å²) in [5.74, 6) is 0. The molecule has 8 heteroatoms. The number of benzene rings is 1. The second kappa shape index (κ2) is 6.09. The molecule has 0 aromatic heterocycles. The summed E-state index contributed by atoms with van der Waals surface area (Å²) in [6.07, 6.45) is -0.324. The Kier molecular flexibility index (Phi) is 4.98. The van der Waals surface area contributed by atoms with Gasteiger partial charge in [-0.1, -0.05) is 6.92 Å². The molecule has 1 atom stereocenters. The van der Waals surface area contributed by atoms with E-state index in [4.69, 9.17) is 0 Å². The van der Waals surface area contributed by atoms with Crippen LogP contribution in [-0.4, -0.2) is 31.1 Å². The third kappa shape index (κ3) is 3.98. The average Bonchev–Trinajstić information content (AvgIpc) is 2.35. The Hall–Kier alpha value is -1.51. The van der Waals surface area contributed by atoms with Crippen molar-refractivity contribution in [1.29, 1.82) is 0 Å². The quantitative estimate of drug-likeness (QED) is 0.598. The van der Waals surface area contributed by atoms with Crippen molar-refractivity contribution >= 4 is 15.7 Å². The summed E-state index contributed by atoms with van der Waals surface area (Å²) < 4.78 is 26.2. The molecule has 0 aliphatic rings. The number of hydrogen-bond acceptors (Lipinski definition) is 5. The van der Waals surface area contributed by atoms with E-state index in [-0.39, 0.29) is 22.7 Å². The van der Waals surface area contributed by atoms with Crippen molar-refractivity contribution in [2.75, 3.05) is 6.54 Å². The molecule has 7 nitrogen and oxygen atoms in total. The van der Waals surface area contributed by atoms with Gasteiger partial charge in [0.15, 0.2) is 0 Å². The number of nitro groups is 1. The zero-order chi connectivity index (χ0) is 14.6. The third-order valence-electron chi connectivity index (χ3n) is 2.64. The van der Waals surface area contributed by atoms with Crippen LogP contribution in [0.1, 0.15) is 18.9 Å². The van der Waals surface area contributed by atoms with Crippen LogP contribution in [0.15, 0.2) is 23.1 Å². The van der Waals surface area contributed by atoms with Gasteiger partial charge in [0, 0.05) is 18.7 Å². The van der Waals surface area contributed by atoms with E-state index >= 15 is 0 Å². The lowest BCUT2D eigenvalue weighted by Crippen LogP contribution is -2.32. The number of nitrogens with zero attached hydrogens (tertiary/aromatic N) is 1. The van der Waals surface area contributed by atoms with Crippen LogP contribution in [0.25, 0.3) is 0 Å². The molecule has 1 unspecified atom stereocenters. The van der Waals surface area contributed by atoms with E-state index in [1.807, 2.05) is 0 Å². The molecule has 0 amide bonds. The Morgan fingerprint density at radius 3 is 2.58 bits per heavy atom. The van der Waals surface area contributed by atoms with E-state index < -0.39 is 21.1 Å². The monoisotopic (exact) mass is 288 g/mol. The fraction of sp³-hybridized carbons (Fsp3) is 0.455. The molecule has 0 spiro atoms. The highest BCUT2D eigenvalue weighted by molar-refractivity contribution is 7.89. The largest absolute Gasteiger partial charge is 0.392 e. The molecule has 0 saturated heterocycles. The molecule has 2 N–H and O–H groups in total. The summed E-state index contributed by atoms with van der Waals surface area (Å²) >= 11 is 0. The van der Waals surface area contributed by atoms with Crippen LogP contribution in [0.4, 0.5) is 5.69 Å². The second-order valence-electron chi connectivity index (χ2n) is 4.12. The van der Waals surface area contributed by atoms with Gasteiger partial charge in [0.25, 0.3) is 5.69 Å². The minimum Gasteiger partial charge on any atom is -0.392 e. The predicted octanol–water partition coefficient (Wildman–Crippen LogP) is 0.952. The highest BCUT2D eigenvalue weighted by Gasteiger charge is 2.19. The number of sulfonamides is 1. The van der Waals surface area contributed by atoms with Crippen molar-refractivity contribution in [1.82, 2.24) is 4.72 Å². The van der Waals surface area contributed by atoms with Crippen LogP contribution >= 0.6 is 0 Å². The maximum atomic E-state index is 12.0. The summed E-state index contributed by atoms with van der Waals surface area (Å²) in [6, 6.07) is 3.52. The zero-order valence-electron chi connectivity index (χ0n) is 10.7. The Bertz CT molecular complexity index is 570. The van der Waals surface area contributed by atoms with Crippen molar-refractivity contribution in [3.8, 4) is 0 Å². The summed E-state index contributed by atoms with van der Waals surface area (Å²) in [7, 11) is -3.77. The maximum Gasteiger partial charge on any atom is 0.269 e. The van der Waals surface area contributed by atoms with Crippen LogP contribution in [0.3, 0.4) is 0 Å². The smallest absolute Gasteiger partial charge is 0.269 e. The second-order valence-corrected chi connectivity index (χ2v) is 5.86.